The maximum absolute atomic E-state index is 12.9. The van der Waals surface area contributed by atoms with Crippen molar-refractivity contribution in [1.29, 1.82) is 0 Å². The van der Waals surface area contributed by atoms with Gasteiger partial charge in [-0.2, -0.15) is 0 Å². The number of carbonyl (C=O) groups is 6. The summed E-state index contributed by atoms with van der Waals surface area (Å²) in [5, 5.41) is 18.1. The number of likely N-dealkylation sites (tertiary alicyclic amines) is 3. The van der Waals surface area contributed by atoms with E-state index in [2.05, 4.69) is 50.5 Å². The Kier molecular flexibility index (Phi) is 26.6. The molecule has 3 fully saturated rings. The fourth-order valence-electron chi connectivity index (χ4n) is 9.83. The summed E-state index contributed by atoms with van der Waals surface area (Å²) < 4.78 is 5.27. The molecule has 0 saturated carbocycles. The van der Waals surface area contributed by atoms with Crippen LogP contribution in [0.5, 0.6) is 0 Å². The van der Waals surface area contributed by atoms with Gasteiger partial charge in [0.1, 0.15) is 48.0 Å². The highest BCUT2D eigenvalue weighted by Gasteiger charge is 2.32. The first-order chi connectivity index (χ1) is 46.1. The second kappa shape index (κ2) is 34.5. The molecule has 8 aromatic rings. The lowest BCUT2D eigenvalue weighted by atomic mass is 10.1. The minimum Gasteiger partial charge on any atom is -0.477 e. The van der Waals surface area contributed by atoms with Gasteiger partial charge in [-0.25, -0.2) is 49.5 Å². The normalized spacial score (nSPS) is 15.7. The quantitative estimate of drug-likeness (QED) is 0.0834. The summed E-state index contributed by atoms with van der Waals surface area (Å²) >= 11 is 47.7. The molecule has 5 N–H and O–H groups in total. The Bertz CT molecular complexity index is 4190. The number of hydrogen-bond donors (Lipinski definition) is 4. The highest BCUT2D eigenvalue weighted by Crippen LogP contribution is 2.32. The molecule has 3 atom stereocenters. The predicted molar refractivity (Wildman–Crippen MR) is 375 cm³/mol. The summed E-state index contributed by atoms with van der Waals surface area (Å²) in [5.74, 6) is -1.63. The average Bonchev–Trinajstić information content (AvgIpc) is 1.73. The Morgan fingerprint density at radius 3 is 1.13 bits per heavy atom. The van der Waals surface area contributed by atoms with E-state index in [1.165, 1.54) is 31.4 Å². The van der Waals surface area contributed by atoms with Crippen LogP contribution in [-0.2, 0) is 9.53 Å². The Labute approximate surface area is 599 Å². The molecule has 23 nitrogen and oxygen atoms in total. The summed E-state index contributed by atoms with van der Waals surface area (Å²) in [6.45, 7) is 9.28. The Morgan fingerprint density at radius 2 is 0.814 bits per heavy atom. The molecule has 11 rings (SSSR count). The van der Waals surface area contributed by atoms with Crippen molar-refractivity contribution in [3.63, 3.8) is 0 Å². The van der Waals surface area contributed by atoms with Crippen molar-refractivity contribution in [2.75, 3.05) is 59.9 Å². The SMILES string of the molecule is CC(C)(C)OC(=O)N[C@H]1CCN(C(=O)c2cc(-c3ccc(Cl)c(Cl)c3)ncn2)C1.CN(C)CCC(=O)N[C@H]1CCN(C(=O)c2cc(-c3ccc(Cl)c(Cl)c3)ncn2)C1.N[C@H]1CCN(C(=O)c2cc(-c3ccc(Cl)c(Cl)c3)ncn2)C1.O=C(O)c1cc(-c2ccc(Cl)c(Cl)c2)ncn1. The number of carbonyl (C=O) groups excluding carboxylic acids is 5. The number of nitrogens with one attached hydrogen (secondary N) is 2. The minimum atomic E-state index is -1.10. The van der Waals surface area contributed by atoms with E-state index in [-0.39, 0.29) is 53.1 Å². The molecule has 3 saturated heterocycles. The third-order valence-corrected chi connectivity index (χ3v) is 17.7. The van der Waals surface area contributed by atoms with Gasteiger partial charge in [0.15, 0.2) is 5.69 Å². The number of aromatic carboxylic acids is 1. The molecular weight excluding hydrogens is 1410 g/mol. The van der Waals surface area contributed by atoms with Gasteiger partial charge in [0.25, 0.3) is 17.7 Å². The third kappa shape index (κ3) is 21.8. The molecule has 0 aliphatic carbocycles. The summed E-state index contributed by atoms with van der Waals surface area (Å²) in [4.78, 5) is 113. The lowest BCUT2D eigenvalue weighted by molar-refractivity contribution is -0.122. The van der Waals surface area contributed by atoms with Gasteiger partial charge >= 0.3 is 12.1 Å². The number of rotatable bonds is 13. The van der Waals surface area contributed by atoms with Gasteiger partial charge in [-0.1, -0.05) is 117 Å². The van der Waals surface area contributed by atoms with Crippen LogP contribution in [0.4, 0.5) is 4.79 Å². The molecule has 0 unspecified atom stereocenters. The topological polar surface area (TPSA) is 298 Å². The largest absolute Gasteiger partial charge is 0.477 e. The zero-order valence-corrected chi connectivity index (χ0v) is 58.9. The van der Waals surface area contributed by atoms with Crippen LogP contribution in [0.15, 0.2) is 122 Å². The number of ether oxygens (including phenoxy) is 1. The molecule has 7 heterocycles. The van der Waals surface area contributed by atoms with Crippen LogP contribution in [0.2, 0.25) is 40.2 Å². The Hall–Kier alpha value is -7.94. The number of aromatic nitrogens is 8. The van der Waals surface area contributed by atoms with E-state index in [1.54, 1.807) is 126 Å². The minimum absolute atomic E-state index is 0.00179. The fourth-order valence-corrected chi connectivity index (χ4v) is 11.0. The van der Waals surface area contributed by atoms with Crippen molar-refractivity contribution in [1.82, 2.24) is 70.1 Å². The van der Waals surface area contributed by atoms with Crippen molar-refractivity contribution in [2.45, 2.75) is 70.2 Å². The van der Waals surface area contributed by atoms with Gasteiger partial charge in [0.2, 0.25) is 5.91 Å². The number of benzene rings is 4. The highest BCUT2D eigenvalue weighted by molar-refractivity contribution is 6.43. The average molecular weight is 1480 g/mol. The number of alkyl carbamates (subject to hydrolysis) is 1. The van der Waals surface area contributed by atoms with Gasteiger partial charge in [-0.05, 0) is 127 Å². The summed E-state index contributed by atoms with van der Waals surface area (Å²) in [7, 11) is 3.86. The maximum Gasteiger partial charge on any atom is 0.407 e. The van der Waals surface area contributed by atoms with E-state index >= 15 is 0 Å². The molecule has 3 aliphatic rings. The van der Waals surface area contributed by atoms with Crippen LogP contribution in [0, 0.1) is 0 Å². The van der Waals surface area contributed by atoms with Crippen LogP contribution < -0.4 is 16.4 Å². The fraction of sp³-hybridized carbons (Fsp3) is 0.303. The van der Waals surface area contributed by atoms with E-state index in [0.29, 0.717) is 139 Å². The molecular formula is C66H65Cl8N15O8. The Morgan fingerprint density at radius 1 is 0.485 bits per heavy atom. The molecule has 0 bridgehead atoms. The van der Waals surface area contributed by atoms with Crippen LogP contribution in [0.3, 0.4) is 0 Å². The number of nitrogens with two attached hydrogens (primary N) is 1. The van der Waals surface area contributed by atoms with E-state index in [4.69, 9.17) is 108 Å². The van der Waals surface area contributed by atoms with E-state index in [1.807, 2.05) is 19.0 Å². The van der Waals surface area contributed by atoms with Crippen molar-refractivity contribution in [3.05, 3.63) is 185 Å². The number of nitrogens with zero attached hydrogens (tertiary/aromatic N) is 12. The smallest absolute Gasteiger partial charge is 0.407 e. The molecule has 31 heteroatoms. The number of amides is 5. The molecule has 4 aromatic carbocycles. The first-order valence-corrected chi connectivity index (χ1v) is 33.0. The summed E-state index contributed by atoms with van der Waals surface area (Å²) in [6, 6.07) is 26.6. The molecule has 0 radical (unpaired) electrons. The Balaban J connectivity index is 0.000000168. The summed E-state index contributed by atoms with van der Waals surface area (Å²) in [6.07, 6.45) is 7.43. The maximum atomic E-state index is 12.9. The first kappa shape index (κ1) is 74.8. The molecule has 5 amide bonds. The van der Waals surface area contributed by atoms with Gasteiger partial charge in [0, 0.05) is 86.6 Å². The number of hydrogen-bond acceptors (Lipinski definition) is 17. The van der Waals surface area contributed by atoms with Crippen LogP contribution >= 0.6 is 92.8 Å². The monoisotopic (exact) mass is 1480 g/mol. The van der Waals surface area contributed by atoms with Crippen LogP contribution in [-0.4, -0.2) is 184 Å². The van der Waals surface area contributed by atoms with Crippen molar-refractivity contribution >= 4 is 128 Å². The van der Waals surface area contributed by atoms with Gasteiger partial charge < -0.3 is 45.8 Å². The third-order valence-electron chi connectivity index (χ3n) is 14.7. The lowest BCUT2D eigenvalue weighted by Crippen LogP contribution is -2.41. The standard InChI is InChI=1S/C20H23Cl2N5O2.C20H22Cl2N4O3.C15H14Cl2N4O.C11H6Cl2N2O2/c1-26(2)7-6-19(28)25-14-5-8-27(11-14)20(29)18-10-17(23-12-24-18)13-3-4-15(21)16(22)9-13;1-20(2,3)29-19(28)25-13-6-7-26(10-13)18(27)17-9-16(23-11-24-17)12-4-5-14(21)15(22)8-12;16-11-2-1-9(5-12(11)17)13-6-14(20-8-19-13)15(22)21-4-3-10(18)7-21;12-7-2-1-6(3-8(7)13)9-4-10(11(16)17)15-5-14-9/h3-4,9-10,12,14H,5-8,11H2,1-2H3,(H,25,28);4-5,8-9,11,13H,6-7,10H2,1-3H3,(H,25,28);1-2,5-6,8,10H,3-4,7,18H2;1-5H,(H,16,17)/t14-;13-;10-;/m000./s1. The number of halogens is 8. The summed E-state index contributed by atoms with van der Waals surface area (Å²) in [5.41, 5.74) is 11.4. The number of carboxylic acids is 1. The van der Waals surface area contributed by atoms with Gasteiger partial charge in [0.05, 0.1) is 69.0 Å². The van der Waals surface area contributed by atoms with Gasteiger partial charge in [-0.3, -0.25) is 19.2 Å². The molecule has 0 spiro atoms. The second-order valence-corrected chi connectivity index (χ2v) is 26.8. The zero-order valence-electron chi connectivity index (χ0n) is 52.8. The second-order valence-electron chi connectivity index (χ2n) is 23.5. The predicted octanol–water partition coefficient (Wildman–Crippen LogP) is 12.7. The first-order valence-electron chi connectivity index (χ1n) is 30.0. The van der Waals surface area contributed by atoms with Crippen molar-refractivity contribution < 1.29 is 38.6 Å². The van der Waals surface area contributed by atoms with E-state index < -0.39 is 17.7 Å². The zero-order chi connectivity index (χ0) is 70.3. The molecule has 3 aliphatic heterocycles. The van der Waals surface area contributed by atoms with Crippen molar-refractivity contribution in [3.8, 4) is 45.0 Å². The van der Waals surface area contributed by atoms with Crippen molar-refractivity contribution in [2.24, 2.45) is 5.73 Å². The molecule has 97 heavy (non-hydrogen) atoms. The van der Waals surface area contributed by atoms with Gasteiger partial charge in [-0.15, -0.1) is 0 Å². The highest BCUT2D eigenvalue weighted by atomic mass is 35.5. The molecule has 508 valence electrons. The number of carboxylic acid groups (broad SMARTS) is 1. The van der Waals surface area contributed by atoms with E-state index in [0.717, 1.165) is 29.5 Å². The van der Waals surface area contributed by atoms with Crippen LogP contribution in [0.25, 0.3) is 45.0 Å². The molecule has 4 aromatic heterocycles. The van der Waals surface area contributed by atoms with Crippen LogP contribution in [0.1, 0.15) is 88.4 Å². The lowest BCUT2D eigenvalue weighted by Gasteiger charge is -2.22. The van der Waals surface area contributed by atoms with E-state index in [9.17, 15) is 28.8 Å².